The number of aliphatic hydroxyl groups is 1. The van der Waals surface area contributed by atoms with Crippen LogP contribution in [0.15, 0.2) is 12.1 Å². The molecule has 1 atom stereocenters. The van der Waals surface area contributed by atoms with Gasteiger partial charge in [0.15, 0.2) is 0 Å². The Hall–Kier alpha value is -0.480. The zero-order valence-corrected chi connectivity index (χ0v) is 11.4. The van der Waals surface area contributed by atoms with Crippen LogP contribution in [0.1, 0.15) is 23.7 Å². The zero-order valence-electron chi connectivity index (χ0n) is 9.14. The lowest BCUT2D eigenvalue weighted by Crippen LogP contribution is -2.37. The van der Waals surface area contributed by atoms with Gasteiger partial charge < -0.3 is 10.4 Å². The van der Waals surface area contributed by atoms with Crippen LogP contribution in [0, 0.1) is 0 Å². The molecular weight excluding hydrogens is 284 g/mol. The van der Waals surface area contributed by atoms with Crippen molar-refractivity contribution < 1.29 is 9.90 Å². The topological polar surface area (TPSA) is 49.3 Å². The Morgan fingerprint density at radius 1 is 1.35 bits per heavy atom. The van der Waals surface area contributed by atoms with Crippen molar-refractivity contribution in [3.63, 3.8) is 0 Å². The van der Waals surface area contributed by atoms with Crippen molar-refractivity contribution in [3.05, 3.63) is 32.8 Å². The normalized spacial score (nSPS) is 12.3. The van der Waals surface area contributed by atoms with Crippen molar-refractivity contribution in [2.45, 2.75) is 19.4 Å². The molecule has 1 amide bonds. The molecule has 17 heavy (non-hydrogen) atoms. The molecular formula is C11H12Cl3NO2. The lowest BCUT2D eigenvalue weighted by atomic mass is 10.1. The first-order valence-electron chi connectivity index (χ1n) is 5.06. The number of benzene rings is 1. The van der Waals surface area contributed by atoms with Crippen LogP contribution in [0.3, 0.4) is 0 Å². The Balaban J connectivity index is 3.00. The highest BCUT2D eigenvalue weighted by Crippen LogP contribution is 2.31. The Morgan fingerprint density at radius 2 is 1.94 bits per heavy atom. The monoisotopic (exact) mass is 295 g/mol. The third kappa shape index (κ3) is 3.49. The molecule has 0 aliphatic rings. The van der Waals surface area contributed by atoms with Crippen LogP contribution < -0.4 is 5.32 Å². The molecule has 94 valence electrons. The van der Waals surface area contributed by atoms with E-state index in [0.29, 0.717) is 6.42 Å². The molecule has 3 nitrogen and oxygen atoms in total. The summed E-state index contributed by atoms with van der Waals surface area (Å²) in [6.45, 7) is 1.71. The van der Waals surface area contributed by atoms with Crippen LogP contribution in [0.25, 0.3) is 0 Å². The fourth-order valence-electron chi connectivity index (χ4n) is 1.27. The van der Waals surface area contributed by atoms with Gasteiger partial charge in [-0.3, -0.25) is 4.79 Å². The van der Waals surface area contributed by atoms with E-state index >= 15 is 0 Å². The molecule has 0 heterocycles. The fraction of sp³-hybridized carbons (Fsp3) is 0.364. The second-order valence-electron chi connectivity index (χ2n) is 3.48. The largest absolute Gasteiger partial charge is 0.394 e. The van der Waals surface area contributed by atoms with Gasteiger partial charge in [0.25, 0.3) is 5.91 Å². The van der Waals surface area contributed by atoms with Crippen LogP contribution in [0.4, 0.5) is 0 Å². The minimum atomic E-state index is -0.441. The number of halogens is 3. The number of hydrogen-bond acceptors (Lipinski definition) is 2. The highest BCUT2D eigenvalue weighted by Gasteiger charge is 2.19. The lowest BCUT2D eigenvalue weighted by molar-refractivity contribution is 0.0915. The van der Waals surface area contributed by atoms with E-state index in [4.69, 9.17) is 39.9 Å². The first-order valence-corrected chi connectivity index (χ1v) is 6.19. The summed E-state index contributed by atoms with van der Waals surface area (Å²) in [6, 6.07) is 2.70. The Bertz CT molecular complexity index is 419. The molecule has 0 aliphatic heterocycles. The van der Waals surface area contributed by atoms with Gasteiger partial charge in [0, 0.05) is 0 Å². The van der Waals surface area contributed by atoms with E-state index in [2.05, 4.69) is 5.32 Å². The summed E-state index contributed by atoms with van der Waals surface area (Å²) in [4.78, 5) is 11.9. The van der Waals surface area contributed by atoms with Gasteiger partial charge in [-0.05, 0) is 18.6 Å². The number of hydrogen-bond donors (Lipinski definition) is 2. The number of nitrogens with one attached hydrogen (secondary N) is 1. The molecule has 0 spiro atoms. The highest BCUT2D eigenvalue weighted by molar-refractivity contribution is 6.46. The van der Waals surface area contributed by atoms with E-state index in [-0.39, 0.29) is 33.3 Å². The van der Waals surface area contributed by atoms with E-state index in [1.807, 2.05) is 6.92 Å². The smallest absolute Gasteiger partial charge is 0.254 e. The molecule has 0 radical (unpaired) electrons. The summed E-state index contributed by atoms with van der Waals surface area (Å²) in [5.41, 5.74) is 0.132. The summed E-state index contributed by atoms with van der Waals surface area (Å²) < 4.78 is 0. The maximum absolute atomic E-state index is 11.9. The molecule has 0 fully saturated rings. The van der Waals surface area contributed by atoms with E-state index in [1.54, 1.807) is 0 Å². The van der Waals surface area contributed by atoms with Crippen LogP contribution in [-0.2, 0) is 0 Å². The van der Waals surface area contributed by atoms with Crippen LogP contribution in [0.5, 0.6) is 0 Å². The standard InChI is InChI=1S/C11H12Cl3NO2/c1-2-6(5-16)15-11(17)9-7(12)3-4-8(13)10(9)14/h3-4,6,16H,2,5H2,1H3,(H,15,17). The predicted molar refractivity (Wildman–Crippen MR) is 70.1 cm³/mol. The Kier molecular flexibility index (Phi) is 5.53. The van der Waals surface area contributed by atoms with Crippen molar-refractivity contribution in [3.8, 4) is 0 Å². The molecule has 0 bridgehead atoms. The average Bonchev–Trinajstić information content (AvgIpc) is 2.31. The van der Waals surface area contributed by atoms with Gasteiger partial charge >= 0.3 is 0 Å². The summed E-state index contributed by atoms with van der Waals surface area (Å²) in [5, 5.41) is 12.2. The summed E-state index contributed by atoms with van der Waals surface area (Å²) in [6.07, 6.45) is 0.609. The molecule has 2 N–H and O–H groups in total. The van der Waals surface area contributed by atoms with Crippen molar-refractivity contribution in [1.82, 2.24) is 5.32 Å². The first kappa shape index (κ1) is 14.6. The maximum Gasteiger partial charge on any atom is 0.254 e. The number of amides is 1. The second-order valence-corrected chi connectivity index (χ2v) is 4.67. The molecule has 1 aromatic rings. The van der Waals surface area contributed by atoms with Crippen molar-refractivity contribution in [2.24, 2.45) is 0 Å². The van der Waals surface area contributed by atoms with Gasteiger partial charge in [-0.1, -0.05) is 41.7 Å². The van der Waals surface area contributed by atoms with Crippen LogP contribution in [0.2, 0.25) is 15.1 Å². The van der Waals surface area contributed by atoms with E-state index < -0.39 is 5.91 Å². The van der Waals surface area contributed by atoms with E-state index in [0.717, 1.165) is 0 Å². The van der Waals surface area contributed by atoms with Gasteiger partial charge in [0.2, 0.25) is 0 Å². The fourth-order valence-corrected chi connectivity index (χ4v) is 1.97. The van der Waals surface area contributed by atoms with E-state index in [9.17, 15) is 4.79 Å². The highest BCUT2D eigenvalue weighted by atomic mass is 35.5. The van der Waals surface area contributed by atoms with Gasteiger partial charge in [0.1, 0.15) is 0 Å². The quantitative estimate of drug-likeness (QED) is 0.839. The van der Waals surface area contributed by atoms with Gasteiger partial charge in [-0.15, -0.1) is 0 Å². The van der Waals surface area contributed by atoms with Crippen LogP contribution in [-0.4, -0.2) is 23.7 Å². The molecule has 0 saturated carbocycles. The average molecular weight is 297 g/mol. The predicted octanol–water partition coefficient (Wildman–Crippen LogP) is 3.15. The van der Waals surface area contributed by atoms with Crippen molar-refractivity contribution >= 4 is 40.7 Å². The minimum Gasteiger partial charge on any atom is -0.394 e. The summed E-state index contributed by atoms with van der Waals surface area (Å²) in [7, 11) is 0. The maximum atomic E-state index is 11.9. The molecule has 6 heteroatoms. The molecule has 1 unspecified atom stereocenters. The molecule has 0 saturated heterocycles. The lowest BCUT2D eigenvalue weighted by Gasteiger charge is -2.15. The Morgan fingerprint density at radius 3 is 2.47 bits per heavy atom. The molecule has 0 aromatic heterocycles. The second kappa shape index (κ2) is 6.45. The minimum absolute atomic E-state index is 0.115. The third-order valence-corrected chi connectivity index (χ3v) is 3.44. The molecule has 0 aliphatic carbocycles. The van der Waals surface area contributed by atoms with Gasteiger partial charge in [0.05, 0.1) is 33.3 Å². The van der Waals surface area contributed by atoms with E-state index in [1.165, 1.54) is 12.1 Å². The molecule has 1 rings (SSSR count). The number of aliphatic hydroxyl groups excluding tert-OH is 1. The summed E-state index contributed by atoms with van der Waals surface area (Å²) in [5.74, 6) is -0.441. The van der Waals surface area contributed by atoms with Crippen molar-refractivity contribution in [2.75, 3.05) is 6.61 Å². The van der Waals surface area contributed by atoms with Gasteiger partial charge in [-0.25, -0.2) is 0 Å². The van der Waals surface area contributed by atoms with Crippen molar-refractivity contribution in [1.29, 1.82) is 0 Å². The first-order chi connectivity index (χ1) is 8.01. The summed E-state index contributed by atoms with van der Waals surface area (Å²) >= 11 is 17.6. The number of carbonyl (C=O) groups is 1. The third-order valence-electron chi connectivity index (χ3n) is 2.32. The number of carbonyl (C=O) groups excluding carboxylic acids is 1. The zero-order chi connectivity index (χ0) is 13.0. The number of rotatable bonds is 4. The van der Waals surface area contributed by atoms with Gasteiger partial charge in [-0.2, -0.15) is 0 Å². The Labute approximate surface area is 115 Å². The van der Waals surface area contributed by atoms with Crippen LogP contribution >= 0.6 is 34.8 Å². The SMILES string of the molecule is CCC(CO)NC(=O)c1c(Cl)ccc(Cl)c1Cl. The molecule has 1 aromatic carbocycles.